The number of hydrogen-bond donors (Lipinski definition) is 0. The van der Waals surface area contributed by atoms with Crippen LogP contribution in [0.5, 0.6) is 0 Å². The van der Waals surface area contributed by atoms with E-state index in [9.17, 15) is 4.79 Å². The van der Waals surface area contributed by atoms with Gasteiger partial charge in [-0.3, -0.25) is 4.90 Å². The topological polar surface area (TPSA) is 32.8 Å². The molecule has 0 saturated carbocycles. The van der Waals surface area contributed by atoms with Crippen molar-refractivity contribution in [2.45, 2.75) is 51.7 Å². The van der Waals surface area contributed by atoms with Crippen molar-refractivity contribution >= 4 is 6.09 Å². The molecule has 0 radical (unpaired) electrons. The van der Waals surface area contributed by atoms with Crippen molar-refractivity contribution in [3.05, 3.63) is 0 Å². The van der Waals surface area contributed by atoms with E-state index < -0.39 is 0 Å². The summed E-state index contributed by atoms with van der Waals surface area (Å²) < 4.78 is 5.43. The Bertz CT molecular complexity index is 286. The first kappa shape index (κ1) is 12.7. The number of fused-ring (bicyclic) bond motifs is 1. The highest BCUT2D eigenvalue weighted by atomic mass is 16.6. The largest absolute Gasteiger partial charge is 0.444 e. The van der Waals surface area contributed by atoms with Gasteiger partial charge < -0.3 is 9.64 Å². The van der Waals surface area contributed by atoms with Crippen LogP contribution in [0, 0.1) is 0 Å². The Morgan fingerprint density at radius 1 is 1.18 bits per heavy atom. The van der Waals surface area contributed by atoms with Crippen LogP contribution in [0.1, 0.15) is 40.0 Å². The lowest BCUT2D eigenvalue weighted by molar-refractivity contribution is -0.00225. The highest BCUT2D eigenvalue weighted by molar-refractivity contribution is 5.68. The van der Waals surface area contributed by atoms with Gasteiger partial charge in [-0.1, -0.05) is 6.42 Å². The van der Waals surface area contributed by atoms with Gasteiger partial charge in [0.1, 0.15) is 5.60 Å². The van der Waals surface area contributed by atoms with Crippen LogP contribution < -0.4 is 0 Å². The minimum Gasteiger partial charge on any atom is -0.444 e. The number of nitrogens with zero attached hydrogens (tertiary/aromatic N) is 2. The zero-order valence-corrected chi connectivity index (χ0v) is 11.2. The van der Waals surface area contributed by atoms with Crippen molar-refractivity contribution in [2.75, 3.05) is 26.2 Å². The number of carbonyl (C=O) groups excluding carboxylic acids is 1. The Kier molecular flexibility index (Phi) is 3.61. The zero-order chi connectivity index (χ0) is 12.5. The van der Waals surface area contributed by atoms with E-state index in [-0.39, 0.29) is 11.7 Å². The minimum atomic E-state index is -0.388. The number of carbonyl (C=O) groups is 1. The quantitative estimate of drug-likeness (QED) is 0.650. The standard InChI is InChI=1S/C13H24N2O2/c1-13(2,3)17-12(16)15-9-8-14-7-5-4-6-11(14)10-15/h11H,4-10H2,1-3H3/t11-/m1/s1. The van der Waals surface area contributed by atoms with Crippen molar-refractivity contribution in [1.29, 1.82) is 0 Å². The van der Waals surface area contributed by atoms with Crippen LogP contribution in [-0.2, 0) is 4.74 Å². The molecular weight excluding hydrogens is 216 g/mol. The number of hydrogen-bond acceptors (Lipinski definition) is 3. The van der Waals surface area contributed by atoms with Crippen LogP contribution in [0.4, 0.5) is 4.79 Å². The summed E-state index contributed by atoms with van der Waals surface area (Å²) >= 11 is 0. The van der Waals surface area contributed by atoms with Crippen molar-refractivity contribution < 1.29 is 9.53 Å². The van der Waals surface area contributed by atoms with Gasteiger partial charge in [0.15, 0.2) is 0 Å². The first-order chi connectivity index (χ1) is 7.96. The molecule has 0 spiro atoms. The zero-order valence-electron chi connectivity index (χ0n) is 11.2. The van der Waals surface area contributed by atoms with Gasteiger partial charge in [-0.2, -0.15) is 0 Å². The molecule has 17 heavy (non-hydrogen) atoms. The van der Waals surface area contributed by atoms with Gasteiger partial charge in [-0.15, -0.1) is 0 Å². The number of piperidine rings is 1. The Morgan fingerprint density at radius 3 is 2.65 bits per heavy atom. The third kappa shape index (κ3) is 3.35. The second-order valence-corrected chi connectivity index (χ2v) is 6.11. The molecule has 4 heteroatoms. The van der Waals surface area contributed by atoms with E-state index in [0.717, 1.165) is 19.6 Å². The maximum atomic E-state index is 12.0. The minimum absolute atomic E-state index is 0.150. The van der Waals surface area contributed by atoms with E-state index in [2.05, 4.69) is 4.90 Å². The van der Waals surface area contributed by atoms with Gasteiger partial charge >= 0.3 is 6.09 Å². The van der Waals surface area contributed by atoms with E-state index in [1.807, 2.05) is 25.7 Å². The molecule has 2 rings (SSSR count). The van der Waals surface area contributed by atoms with Crippen LogP contribution in [0.15, 0.2) is 0 Å². The van der Waals surface area contributed by atoms with Crippen molar-refractivity contribution in [2.24, 2.45) is 0 Å². The molecule has 2 fully saturated rings. The summed E-state index contributed by atoms with van der Waals surface area (Å²) in [5.41, 5.74) is -0.388. The fourth-order valence-corrected chi connectivity index (χ4v) is 2.65. The average molecular weight is 240 g/mol. The first-order valence-electron chi connectivity index (χ1n) is 6.68. The van der Waals surface area contributed by atoms with Gasteiger partial charge in [-0.05, 0) is 40.2 Å². The smallest absolute Gasteiger partial charge is 0.410 e. The number of piperazine rings is 1. The Morgan fingerprint density at radius 2 is 1.94 bits per heavy atom. The maximum absolute atomic E-state index is 12.0. The number of ether oxygens (including phenoxy) is 1. The molecule has 0 aromatic heterocycles. The molecule has 2 aliphatic rings. The van der Waals surface area contributed by atoms with Gasteiger partial charge in [0.05, 0.1) is 0 Å². The summed E-state index contributed by atoms with van der Waals surface area (Å²) in [4.78, 5) is 16.4. The Hall–Kier alpha value is -0.770. The monoisotopic (exact) mass is 240 g/mol. The normalized spacial score (nSPS) is 26.5. The summed E-state index contributed by atoms with van der Waals surface area (Å²) in [7, 11) is 0. The lowest BCUT2D eigenvalue weighted by Gasteiger charge is -2.44. The van der Waals surface area contributed by atoms with Crippen molar-refractivity contribution in [1.82, 2.24) is 9.80 Å². The third-order valence-electron chi connectivity index (χ3n) is 3.49. The van der Waals surface area contributed by atoms with Gasteiger partial charge in [-0.25, -0.2) is 4.79 Å². The molecular formula is C13H24N2O2. The molecule has 4 nitrogen and oxygen atoms in total. The molecule has 0 bridgehead atoms. The summed E-state index contributed by atoms with van der Waals surface area (Å²) in [6.07, 6.45) is 3.67. The Labute approximate surface area is 104 Å². The van der Waals surface area contributed by atoms with Crippen molar-refractivity contribution in [3.8, 4) is 0 Å². The molecule has 2 heterocycles. The van der Waals surface area contributed by atoms with Crippen LogP contribution in [0.3, 0.4) is 0 Å². The molecule has 1 amide bonds. The fraction of sp³-hybridized carbons (Fsp3) is 0.923. The highest BCUT2D eigenvalue weighted by Crippen LogP contribution is 2.22. The average Bonchev–Trinajstić information content (AvgIpc) is 2.26. The third-order valence-corrected chi connectivity index (χ3v) is 3.49. The molecule has 2 aliphatic heterocycles. The van der Waals surface area contributed by atoms with E-state index in [1.165, 1.54) is 25.8 Å². The maximum Gasteiger partial charge on any atom is 0.410 e. The highest BCUT2D eigenvalue weighted by Gasteiger charge is 2.32. The van der Waals surface area contributed by atoms with Crippen molar-refractivity contribution in [3.63, 3.8) is 0 Å². The van der Waals surface area contributed by atoms with E-state index in [0.29, 0.717) is 6.04 Å². The number of amides is 1. The van der Waals surface area contributed by atoms with E-state index in [1.54, 1.807) is 0 Å². The number of rotatable bonds is 0. The predicted molar refractivity (Wildman–Crippen MR) is 67.0 cm³/mol. The molecule has 0 unspecified atom stereocenters. The molecule has 0 aromatic rings. The summed E-state index contributed by atoms with van der Waals surface area (Å²) in [6.45, 7) is 9.61. The lowest BCUT2D eigenvalue weighted by atomic mass is 10.00. The molecule has 0 aliphatic carbocycles. The van der Waals surface area contributed by atoms with Gasteiger partial charge in [0.2, 0.25) is 0 Å². The van der Waals surface area contributed by atoms with E-state index in [4.69, 9.17) is 4.74 Å². The summed E-state index contributed by atoms with van der Waals surface area (Å²) in [6, 6.07) is 0.560. The van der Waals surface area contributed by atoms with Crippen LogP contribution in [-0.4, -0.2) is 53.7 Å². The molecule has 2 saturated heterocycles. The van der Waals surface area contributed by atoms with Gasteiger partial charge in [0.25, 0.3) is 0 Å². The van der Waals surface area contributed by atoms with Crippen LogP contribution in [0.25, 0.3) is 0 Å². The van der Waals surface area contributed by atoms with Gasteiger partial charge in [0, 0.05) is 25.7 Å². The summed E-state index contributed by atoms with van der Waals surface area (Å²) in [5.74, 6) is 0. The lowest BCUT2D eigenvalue weighted by Crippen LogP contribution is -2.56. The molecule has 0 N–H and O–H groups in total. The first-order valence-corrected chi connectivity index (χ1v) is 6.68. The SMILES string of the molecule is CC(C)(C)OC(=O)N1CCN2CCCC[C@@H]2C1. The molecule has 0 aromatic carbocycles. The Balaban J connectivity index is 1.89. The second kappa shape index (κ2) is 4.84. The summed E-state index contributed by atoms with van der Waals surface area (Å²) in [5, 5.41) is 0. The van der Waals surface area contributed by atoms with E-state index >= 15 is 0 Å². The molecule has 1 atom stereocenters. The second-order valence-electron chi connectivity index (χ2n) is 6.11. The van der Waals surface area contributed by atoms with Crippen LogP contribution in [0.2, 0.25) is 0 Å². The predicted octanol–water partition coefficient (Wildman–Crippen LogP) is 2.09. The fourth-order valence-electron chi connectivity index (χ4n) is 2.65. The molecule has 98 valence electrons. The van der Waals surface area contributed by atoms with Crippen LogP contribution >= 0.6 is 0 Å².